The van der Waals surface area contributed by atoms with Crippen LogP contribution in [0.5, 0.6) is 0 Å². The van der Waals surface area contributed by atoms with Crippen molar-refractivity contribution in [3.63, 3.8) is 0 Å². The Morgan fingerprint density at radius 3 is 1.24 bits per heavy atom. The predicted molar refractivity (Wildman–Crippen MR) is 413 cm³/mol. The molecule has 604 valence electrons. The Labute approximate surface area is 664 Å². The van der Waals surface area contributed by atoms with Crippen molar-refractivity contribution >= 4 is 55.4 Å². The van der Waals surface area contributed by atoms with Crippen LogP contribution >= 0.6 is 11.6 Å². The second-order valence-corrected chi connectivity index (χ2v) is 35.1. The van der Waals surface area contributed by atoms with Gasteiger partial charge in [-0.05, 0) is 72.0 Å². The third-order valence-electron chi connectivity index (χ3n) is 19.2. The summed E-state index contributed by atoms with van der Waals surface area (Å²) < 4.78 is 123. The highest BCUT2D eigenvalue weighted by Gasteiger charge is 2.60. The number of alkyl halides is 1. The quantitative estimate of drug-likeness (QED) is 0.0165. The molecule has 1 amide bonds. The lowest BCUT2D eigenvalue weighted by Gasteiger charge is -2.52. The molecule has 11 rings (SSSR count). The number of benzene rings is 7. The summed E-state index contributed by atoms with van der Waals surface area (Å²) in [5, 5.41) is 3.00. The van der Waals surface area contributed by atoms with Crippen LogP contribution in [-0.2, 0) is 137 Å². The molecule has 4 heterocycles. The number of hydrogen-bond donors (Lipinski definition) is 1. The number of carbonyl (C=O) groups is 6. The van der Waals surface area contributed by atoms with Gasteiger partial charge in [0.1, 0.15) is 73.5 Å². The smallest absolute Gasteiger partial charge is 0.338 e. The summed E-state index contributed by atoms with van der Waals surface area (Å²) in [7, 11) is -1.80. The molecule has 25 nitrogen and oxygen atoms in total. The first-order chi connectivity index (χ1) is 54.6. The summed E-state index contributed by atoms with van der Waals surface area (Å²) in [6.45, 7) is 12.8. The van der Waals surface area contributed by atoms with Crippen LogP contribution in [0.2, 0.25) is 25.7 Å². The molecule has 0 unspecified atom stereocenters. The average Bonchev–Trinajstić information content (AvgIpc) is 0.757. The van der Waals surface area contributed by atoms with Gasteiger partial charge < -0.3 is 90.6 Å². The third-order valence-corrected chi connectivity index (χ3v) is 21.2. The van der Waals surface area contributed by atoms with Gasteiger partial charge in [-0.15, -0.1) is 11.6 Å². The molecule has 4 aliphatic heterocycles. The minimum atomic E-state index is -1.88. The van der Waals surface area contributed by atoms with Gasteiger partial charge in [-0.25, -0.2) is 9.59 Å². The van der Waals surface area contributed by atoms with Crippen molar-refractivity contribution in [2.75, 3.05) is 25.7 Å². The maximum atomic E-state index is 14.9. The van der Waals surface area contributed by atoms with Crippen LogP contribution in [0.1, 0.15) is 83.2 Å². The molecule has 0 bridgehead atoms. The monoisotopic (exact) mass is 1590 g/mol. The van der Waals surface area contributed by atoms with E-state index in [9.17, 15) is 28.8 Å². The highest BCUT2D eigenvalue weighted by molar-refractivity contribution is 6.76. The molecule has 4 fully saturated rings. The Morgan fingerprint density at radius 2 is 0.779 bits per heavy atom. The topological polar surface area (TPSA) is 281 Å². The molecule has 20 atom stereocenters. The number of esters is 5. The van der Waals surface area contributed by atoms with Gasteiger partial charge in [0.2, 0.25) is 5.91 Å². The summed E-state index contributed by atoms with van der Waals surface area (Å²) in [4.78, 5) is 85.3. The lowest BCUT2D eigenvalue weighted by atomic mass is 9.93. The Hall–Kier alpha value is -8.65. The Kier molecular flexibility index (Phi) is 31.8. The summed E-state index contributed by atoms with van der Waals surface area (Å²) >= 11 is 6.30. The first kappa shape index (κ1) is 85.2. The number of hydrogen-bond acceptors (Lipinski definition) is 24. The van der Waals surface area contributed by atoms with Crippen LogP contribution in [0.15, 0.2) is 212 Å². The molecule has 7 aromatic carbocycles. The molecular weight excluding hydrogens is 1490 g/mol. The van der Waals surface area contributed by atoms with E-state index in [1.54, 1.807) is 74.5 Å². The van der Waals surface area contributed by atoms with Crippen molar-refractivity contribution in [2.24, 2.45) is 0 Å². The van der Waals surface area contributed by atoms with Crippen molar-refractivity contribution in [3.8, 4) is 0 Å². The Bertz CT molecular complexity index is 4090. The maximum Gasteiger partial charge on any atom is 0.338 e. The van der Waals surface area contributed by atoms with Crippen LogP contribution < -0.4 is 5.32 Å². The second kappa shape index (κ2) is 42.1. The van der Waals surface area contributed by atoms with E-state index in [0.717, 1.165) is 29.2 Å². The minimum Gasteiger partial charge on any atom is -0.463 e. The van der Waals surface area contributed by atoms with E-state index in [1.807, 2.05) is 152 Å². The average molecular weight is 1600 g/mol. The number of rotatable bonds is 36. The number of nitrogens with one attached hydrogen (secondary N) is 1. The van der Waals surface area contributed by atoms with Crippen LogP contribution in [0.3, 0.4) is 0 Å². The minimum absolute atomic E-state index is 0.0111. The molecule has 0 radical (unpaired) electrons. The van der Waals surface area contributed by atoms with E-state index in [4.69, 9.17) is 96.9 Å². The van der Waals surface area contributed by atoms with Crippen molar-refractivity contribution in [1.82, 2.24) is 5.32 Å². The second-order valence-electron chi connectivity index (χ2n) is 29.2. The SMILES string of the molecule is CC(=O)N[C@H]1[C@@H](O[C@@H]2[C@@H](OCc3ccccc3)[C@H](C)O[C@@H](OCC[Si](C)(C)C)[C@@H]2OC(=O)c2ccccc2)O[C@H](COC(C)=O)[C@@H](OC(C)=O)[C@@H]1O[C@H]1O[C@H](COCc2ccccc2)[C@@H](OCc2ccccc2)[C@H](OCc2ccccc2)[C@H]1O[C@@H]1O[C@@H](C)[C@H](OCc2ccccc2)[C@@H](OC(=O)CCl)[C@H]1OC(=O)c1ccccc1. The number of carbonyl (C=O) groups excluding carboxylic acids is 6. The Balaban J connectivity index is 1.09. The zero-order valence-corrected chi connectivity index (χ0v) is 66.3. The fourth-order valence-corrected chi connectivity index (χ4v) is 14.5. The standard InChI is InChI=1S/C86H100ClNO24Si/c1-54-71(99-49-61-34-20-11-21-35-61)77(79(84(102-54)96-44-45-113(6,7)8)108-81(93)64-40-26-14-27-41-64)111-83-69(88-56(3)89)74(73(104-58(5)91)67(105-83)53-97-57(4)90)110-86-78(75(101-51-63-38-24-13-25-39-63)72(100-50-62-36-22-12-23-37-62)66(106-86)52-95-47-59-30-16-9-17-31-59)112-85-80(109-82(94)65-42-28-15-29-43-65)76(107-68(92)46-87)70(55(2)103-85)98-48-60-32-18-10-19-33-60/h9-43,54-55,66-67,69-80,83-86H,44-53H2,1-8H3,(H,88,89)/t54-,55-,66+,67+,69+,70-,71-,72+,73+,74+,75-,76+,77+,78+,79+,80+,83+,84+,85-,86+/m0/s1. The van der Waals surface area contributed by atoms with Gasteiger partial charge in [-0.3, -0.25) is 19.2 Å². The zero-order valence-electron chi connectivity index (χ0n) is 64.5. The van der Waals surface area contributed by atoms with Crippen molar-refractivity contribution < 1.29 is 114 Å². The van der Waals surface area contributed by atoms with E-state index in [-0.39, 0.29) is 57.4 Å². The summed E-state index contributed by atoms with van der Waals surface area (Å²) in [6.07, 6.45) is -27.8. The summed E-state index contributed by atoms with van der Waals surface area (Å²) in [6, 6.07) is 62.1. The maximum absolute atomic E-state index is 14.9. The highest BCUT2D eigenvalue weighted by Crippen LogP contribution is 2.41. The molecule has 113 heavy (non-hydrogen) atoms. The first-order valence-electron chi connectivity index (χ1n) is 37.9. The molecule has 27 heteroatoms. The van der Waals surface area contributed by atoms with Crippen LogP contribution in [0.25, 0.3) is 0 Å². The van der Waals surface area contributed by atoms with Crippen molar-refractivity contribution in [3.05, 3.63) is 251 Å². The molecule has 1 N–H and O–H groups in total. The molecule has 0 saturated carbocycles. The van der Waals surface area contributed by atoms with Gasteiger partial charge >= 0.3 is 29.8 Å². The zero-order chi connectivity index (χ0) is 79.8. The van der Waals surface area contributed by atoms with Gasteiger partial charge in [0.15, 0.2) is 49.6 Å². The molecule has 0 aromatic heterocycles. The number of amides is 1. The van der Waals surface area contributed by atoms with E-state index >= 15 is 0 Å². The fraction of sp³-hybridized carbons (Fsp3) is 0.442. The third kappa shape index (κ3) is 24.7. The predicted octanol–water partition coefficient (Wildman–Crippen LogP) is 11.6. The molecule has 4 saturated heterocycles. The molecule has 4 aliphatic rings. The number of halogens is 1. The fourth-order valence-electron chi connectivity index (χ4n) is 13.7. The Morgan fingerprint density at radius 1 is 0.381 bits per heavy atom. The summed E-state index contributed by atoms with van der Waals surface area (Å²) in [5.41, 5.74) is 4.05. The van der Waals surface area contributed by atoms with E-state index in [2.05, 4.69) is 25.0 Å². The lowest BCUT2D eigenvalue weighted by Crippen LogP contribution is -2.71. The van der Waals surface area contributed by atoms with Crippen LogP contribution in [-0.4, -0.2) is 192 Å². The van der Waals surface area contributed by atoms with E-state index in [0.29, 0.717) is 11.6 Å². The van der Waals surface area contributed by atoms with Gasteiger partial charge in [-0.2, -0.15) is 0 Å². The van der Waals surface area contributed by atoms with Crippen LogP contribution in [0, 0.1) is 0 Å². The number of ether oxygens (including phenoxy) is 18. The highest BCUT2D eigenvalue weighted by atomic mass is 35.5. The molecular formula is C86H100ClNO24Si. The van der Waals surface area contributed by atoms with Gasteiger partial charge in [0.25, 0.3) is 0 Å². The summed E-state index contributed by atoms with van der Waals surface area (Å²) in [5.74, 6) is -5.53. The van der Waals surface area contributed by atoms with Crippen molar-refractivity contribution in [2.45, 2.75) is 216 Å². The normalized spacial score (nSPS) is 27.7. The molecule has 0 spiro atoms. The van der Waals surface area contributed by atoms with Gasteiger partial charge in [-0.1, -0.05) is 208 Å². The largest absolute Gasteiger partial charge is 0.463 e. The molecule has 7 aromatic rings. The van der Waals surface area contributed by atoms with E-state index in [1.165, 1.54) is 13.8 Å². The lowest BCUT2D eigenvalue weighted by molar-refractivity contribution is -0.392. The van der Waals surface area contributed by atoms with E-state index < -0.39 is 179 Å². The van der Waals surface area contributed by atoms with Gasteiger partial charge in [0.05, 0.1) is 63.0 Å². The van der Waals surface area contributed by atoms with Gasteiger partial charge in [0, 0.05) is 35.5 Å². The van der Waals surface area contributed by atoms with Crippen LogP contribution in [0.4, 0.5) is 0 Å². The molecule has 0 aliphatic carbocycles. The first-order valence-corrected chi connectivity index (χ1v) is 42.2. The van der Waals surface area contributed by atoms with Crippen molar-refractivity contribution in [1.29, 1.82) is 0 Å².